The normalized spacial score (nSPS) is 24.7. The Morgan fingerprint density at radius 2 is 1.89 bits per heavy atom. The Morgan fingerprint density at radius 1 is 1.37 bits per heavy atom. The standard InChI is InChI=1S/C12H19F2NO4/c1-10(2,3)19-9(18)15-7-11(5-4-8(16)17)6-12(11,13)14/h4-7H2,1-3H3,(H,15,18)(H,16,17). The number of aliphatic carboxylic acids is 1. The molecular weight excluding hydrogens is 260 g/mol. The van der Waals surface area contributed by atoms with E-state index in [0.29, 0.717) is 0 Å². The maximum Gasteiger partial charge on any atom is 0.407 e. The van der Waals surface area contributed by atoms with Crippen LogP contribution in [0.3, 0.4) is 0 Å². The van der Waals surface area contributed by atoms with Gasteiger partial charge in [0, 0.05) is 19.4 Å². The Kier molecular flexibility index (Phi) is 4.07. The van der Waals surface area contributed by atoms with Crippen molar-refractivity contribution in [1.82, 2.24) is 5.32 Å². The molecule has 1 amide bonds. The molecule has 1 saturated carbocycles. The lowest BCUT2D eigenvalue weighted by atomic mass is 9.99. The van der Waals surface area contributed by atoms with Crippen LogP contribution in [0, 0.1) is 5.41 Å². The van der Waals surface area contributed by atoms with Crippen molar-refractivity contribution in [3.05, 3.63) is 0 Å². The van der Waals surface area contributed by atoms with E-state index in [1.807, 2.05) is 0 Å². The number of carboxylic acids is 1. The number of nitrogens with one attached hydrogen (secondary N) is 1. The highest BCUT2D eigenvalue weighted by Gasteiger charge is 2.70. The molecule has 19 heavy (non-hydrogen) atoms. The van der Waals surface area contributed by atoms with Crippen molar-refractivity contribution in [2.45, 2.75) is 51.6 Å². The molecule has 0 aliphatic heterocycles. The topological polar surface area (TPSA) is 75.6 Å². The minimum Gasteiger partial charge on any atom is -0.481 e. The minimum absolute atomic E-state index is 0.162. The van der Waals surface area contributed by atoms with Gasteiger partial charge in [-0.15, -0.1) is 0 Å². The summed E-state index contributed by atoms with van der Waals surface area (Å²) in [6, 6.07) is 0. The number of rotatable bonds is 5. The highest BCUT2D eigenvalue weighted by atomic mass is 19.3. The first-order valence-corrected chi connectivity index (χ1v) is 6.04. The van der Waals surface area contributed by atoms with Crippen LogP contribution in [-0.2, 0) is 9.53 Å². The molecule has 1 atom stereocenters. The molecule has 0 aromatic carbocycles. The minimum atomic E-state index is -2.92. The zero-order valence-electron chi connectivity index (χ0n) is 11.3. The van der Waals surface area contributed by atoms with Gasteiger partial charge in [0.1, 0.15) is 5.60 Å². The van der Waals surface area contributed by atoms with Crippen molar-refractivity contribution in [2.24, 2.45) is 5.41 Å². The maximum atomic E-state index is 13.3. The first kappa shape index (κ1) is 15.7. The molecule has 1 aliphatic rings. The number of hydrogen-bond acceptors (Lipinski definition) is 3. The number of ether oxygens (including phenoxy) is 1. The molecule has 7 heteroatoms. The number of carboxylic acid groups (broad SMARTS) is 1. The molecule has 110 valence electrons. The van der Waals surface area contributed by atoms with Crippen molar-refractivity contribution in [3.63, 3.8) is 0 Å². The van der Waals surface area contributed by atoms with Crippen LogP contribution in [0.15, 0.2) is 0 Å². The van der Waals surface area contributed by atoms with E-state index < -0.39 is 35.4 Å². The van der Waals surface area contributed by atoms with Crippen LogP contribution >= 0.6 is 0 Å². The molecule has 1 aliphatic carbocycles. The van der Waals surface area contributed by atoms with Crippen LogP contribution in [0.1, 0.15) is 40.0 Å². The summed E-state index contributed by atoms with van der Waals surface area (Å²) in [7, 11) is 0. The highest BCUT2D eigenvalue weighted by molar-refractivity contribution is 5.68. The van der Waals surface area contributed by atoms with E-state index in [4.69, 9.17) is 9.84 Å². The molecule has 1 rings (SSSR count). The summed E-state index contributed by atoms with van der Waals surface area (Å²) in [4.78, 5) is 21.8. The molecule has 1 unspecified atom stereocenters. The largest absolute Gasteiger partial charge is 0.481 e. The second kappa shape index (κ2) is 4.94. The highest BCUT2D eigenvalue weighted by Crippen LogP contribution is 2.62. The van der Waals surface area contributed by atoms with Crippen LogP contribution in [0.2, 0.25) is 0 Å². The smallest absolute Gasteiger partial charge is 0.407 e. The van der Waals surface area contributed by atoms with E-state index in [-0.39, 0.29) is 19.4 Å². The van der Waals surface area contributed by atoms with Crippen molar-refractivity contribution in [3.8, 4) is 0 Å². The van der Waals surface area contributed by atoms with Crippen molar-refractivity contribution in [1.29, 1.82) is 0 Å². The van der Waals surface area contributed by atoms with E-state index in [1.54, 1.807) is 20.8 Å². The Morgan fingerprint density at radius 3 is 2.26 bits per heavy atom. The van der Waals surface area contributed by atoms with E-state index in [9.17, 15) is 18.4 Å². The molecule has 0 radical (unpaired) electrons. The quantitative estimate of drug-likeness (QED) is 0.810. The van der Waals surface area contributed by atoms with E-state index in [2.05, 4.69) is 5.32 Å². The molecule has 5 nitrogen and oxygen atoms in total. The van der Waals surface area contributed by atoms with Crippen molar-refractivity contribution >= 4 is 12.1 Å². The third kappa shape index (κ3) is 4.33. The van der Waals surface area contributed by atoms with Gasteiger partial charge in [0.25, 0.3) is 5.92 Å². The summed E-state index contributed by atoms with van der Waals surface area (Å²) in [5.41, 5.74) is -2.15. The predicted octanol–water partition coefficient (Wildman–Crippen LogP) is 2.40. The number of amides is 1. The molecule has 0 aromatic rings. The van der Waals surface area contributed by atoms with Gasteiger partial charge in [0.05, 0.1) is 5.41 Å². The fourth-order valence-corrected chi connectivity index (χ4v) is 1.83. The number of carbonyl (C=O) groups excluding carboxylic acids is 1. The average Bonchev–Trinajstić information content (AvgIpc) is 2.73. The van der Waals surface area contributed by atoms with Gasteiger partial charge in [-0.2, -0.15) is 0 Å². The fraction of sp³-hybridized carbons (Fsp3) is 0.833. The Labute approximate surface area is 110 Å². The predicted molar refractivity (Wildman–Crippen MR) is 63.1 cm³/mol. The maximum absolute atomic E-state index is 13.3. The Balaban J connectivity index is 2.48. The van der Waals surface area contributed by atoms with E-state index in [0.717, 1.165) is 0 Å². The van der Waals surface area contributed by atoms with Crippen LogP contribution < -0.4 is 5.32 Å². The second-order valence-electron chi connectivity index (χ2n) is 5.91. The third-order valence-corrected chi connectivity index (χ3v) is 3.00. The second-order valence-corrected chi connectivity index (χ2v) is 5.91. The van der Waals surface area contributed by atoms with Gasteiger partial charge < -0.3 is 15.2 Å². The van der Waals surface area contributed by atoms with Gasteiger partial charge in [0.15, 0.2) is 0 Å². The van der Waals surface area contributed by atoms with Crippen LogP contribution in [0.25, 0.3) is 0 Å². The number of alkyl halides is 2. The first-order valence-electron chi connectivity index (χ1n) is 6.04. The van der Waals surface area contributed by atoms with Gasteiger partial charge in [-0.3, -0.25) is 4.79 Å². The van der Waals surface area contributed by atoms with Crippen LogP contribution in [-0.4, -0.2) is 35.2 Å². The zero-order valence-corrected chi connectivity index (χ0v) is 11.3. The summed E-state index contributed by atoms with van der Waals surface area (Å²) < 4.78 is 31.6. The van der Waals surface area contributed by atoms with Gasteiger partial charge in [-0.05, 0) is 27.2 Å². The van der Waals surface area contributed by atoms with Crippen molar-refractivity contribution in [2.75, 3.05) is 6.54 Å². The average molecular weight is 279 g/mol. The third-order valence-electron chi connectivity index (χ3n) is 3.00. The summed E-state index contributed by atoms with van der Waals surface area (Å²) in [5.74, 6) is -4.04. The molecule has 0 heterocycles. The monoisotopic (exact) mass is 279 g/mol. The zero-order chi connectivity index (χ0) is 14.9. The molecule has 0 saturated heterocycles. The lowest BCUT2D eigenvalue weighted by Crippen LogP contribution is -2.37. The van der Waals surface area contributed by atoms with Gasteiger partial charge in [-0.25, -0.2) is 13.6 Å². The lowest BCUT2D eigenvalue weighted by Gasteiger charge is -2.21. The van der Waals surface area contributed by atoms with Gasteiger partial charge in [-0.1, -0.05) is 0 Å². The Bertz CT molecular complexity index is 378. The fourth-order valence-electron chi connectivity index (χ4n) is 1.83. The molecular formula is C12H19F2NO4. The van der Waals surface area contributed by atoms with E-state index >= 15 is 0 Å². The van der Waals surface area contributed by atoms with Gasteiger partial charge in [0.2, 0.25) is 0 Å². The molecule has 2 N–H and O–H groups in total. The number of halogens is 2. The summed E-state index contributed by atoms with van der Waals surface area (Å²) in [6.45, 7) is 4.72. The summed E-state index contributed by atoms with van der Waals surface area (Å²) >= 11 is 0. The number of alkyl carbamates (subject to hydrolysis) is 1. The lowest BCUT2D eigenvalue weighted by molar-refractivity contribution is -0.137. The molecule has 1 fully saturated rings. The first-order chi connectivity index (χ1) is 8.47. The molecule has 0 spiro atoms. The van der Waals surface area contributed by atoms with Crippen LogP contribution in [0.4, 0.5) is 13.6 Å². The number of carbonyl (C=O) groups is 2. The van der Waals surface area contributed by atoms with Gasteiger partial charge >= 0.3 is 12.1 Å². The Hall–Kier alpha value is -1.40. The summed E-state index contributed by atoms with van der Waals surface area (Å²) in [6.07, 6.45) is -1.68. The molecule has 0 aromatic heterocycles. The van der Waals surface area contributed by atoms with E-state index in [1.165, 1.54) is 0 Å². The number of hydrogen-bond donors (Lipinski definition) is 2. The van der Waals surface area contributed by atoms with Crippen molar-refractivity contribution < 1.29 is 28.2 Å². The SMILES string of the molecule is CC(C)(C)OC(=O)NCC1(CCC(=O)O)CC1(F)F. The molecule has 0 bridgehead atoms. The summed E-state index contributed by atoms with van der Waals surface area (Å²) in [5, 5.41) is 10.8. The van der Waals surface area contributed by atoms with Crippen LogP contribution in [0.5, 0.6) is 0 Å².